The molecule has 0 aromatic carbocycles. The summed E-state index contributed by atoms with van der Waals surface area (Å²) < 4.78 is 0. The SMILES string of the molecule is C1CC2C3CCC(C3)C2C1.CCC1CCCCC1. The van der Waals surface area contributed by atoms with Gasteiger partial charge in [0.1, 0.15) is 0 Å². The van der Waals surface area contributed by atoms with E-state index in [4.69, 9.17) is 0 Å². The van der Waals surface area contributed by atoms with E-state index in [9.17, 15) is 0 Å². The smallest absolute Gasteiger partial charge is 0.0355 e. The van der Waals surface area contributed by atoms with Gasteiger partial charge in [-0.25, -0.2) is 0 Å². The first kappa shape index (κ1) is 13.0. The highest BCUT2D eigenvalue weighted by Gasteiger charge is 2.48. The second kappa shape index (κ2) is 5.97. The maximum absolute atomic E-state index is 2.32. The highest BCUT2D eigenvalue weighted by atomic mass is 14.5. The zero-order valence-electron chi connectivity index (χ0n) is 12.4. The van der Waals surface area contributed by atoms with E-state index < -0.39 is 0 Å². The summed E-state index contributed by atoms with van der Waals surface area (Å²) in [5.74, 6) is 5.89. The molecule has 0 nitrogen and oxygen atoms in total. The van der Waals surface area contributed by atoms with E-state index in [1.54, 1.807) is 38.5 Å². The third-order valence-corrected chi connectivity index (χ3v) is 6.65. The van der Waals surface area contributed by atoms with Gasteiger partial charge in [0.15, 0.2) is 0 Å². The van der Waals surface area contributed by atoms with Gasteiger partial charge < -0.3 is 0 Å². The molecular weight excluding hydrogens is 216 g/mol. The number of fused-ring (bicyclic) bond motifs is 5. The Morgan fingerprint density at radius 1 is 0.667 bits per heavy atom. The Kier molecular flexibility index (Phi) is 4.31. The molecule has 0 aliphatic heterocycles. The van der Waals surface area contributed by atoms with Crippen LogP contribution in [0.4, 0.5) is 0 Å². The molecule has 104 valence electrons. The molecule has 4 unspecified atom stereocenters. The molecule has 4 aliphatic rings. The molecule has 0 aromatic heterocycles. The predicted octanol–water partition coefficient (Wildman–Crippen LogP) is 5.81. The Morgan fingerprint density at radius 3 is 1.78 bits per heavy atom. The molecule has 0 amide bonds. The van der Waals surface area contributed by atoms with Crippen molar-refractivity contribution >= 4 is 0 Å². The highest BCUT2D eigenvalue weighted by Crippen LogP contribution is 2.58. The van der Waals surface area contributed by atoms with Crippen LogP contribution in [0.5, 0.6) is 0 Å². The molecule has 0 spiro atoms. The van der Waals surface area contributed by atoms with Crippen molar-refractivity contribution in [3.63, 3.8) is 0 Å². The Hall–Kier alpha value is 0. The van der Waals surface area contributed by atoms with Crippen LogP contribution < -0.4 is 0 Å². The standard InChI is InChI=1S/C10H16.C8H16/c1-2-9-7-4-5-8(6-7)10(9)3-1;1-2-8-6-4-3-5-7-8/h7-10H,1-6H2;8H,2-7H2,1H3. The minimum absolute atomic E-state index is 1.09. The Bertz CT molecular complexity index is 235. The molecule has 0 heteroatoms. The molecule has 2 bridgehead atoms. The van der Waals surface area contributed by atoms with Crippen molar-refractivity contribution in [3.05, 3.63) is 0 Å². The van der Waals surface area contributed by atoms with E-state index in [-0.39, 0.29) is 0 Å². The molecule has 0 N–H and O–H groups in total. The van der Waals surface area contributed by atoms with E-state index in [0.717, 1.165) is 5.92 Å². The molecule has 4 aliphatic carbocycles. The molecule has 4 rings (SSSR count). The van der Waals surface area contributed by atoms with Gasteiger partial charge in [0, 0.05) is 0 Å². The topological polar surface area (TPSA) is 0 Å². The van der Waals surface area contributed by atoms with Crippen LogP contribution in [-0.4, -0.2) is 0 Å². The monoisotopic (exact) mass is 248 g/mol. The average molecular weight is 248 g/mol. The van der Waals surface area contributed by atoms with Crippen LogP contribution in [0.1, 0.15) is 84.0 Å². The van der Waals surface area contributed by atoms with Crippen molar-refractivity contribution in [3.8, 4) is 0 Å². The van der Waals surface area contributed by atoms with Crippen molar-refractivity contribution in [2.75, 3.05) is 0 Å². The van der Waals surface area contributed by atoms with Crippen LogP contribution >= 0.6 is 0 Å². The maximum atomic E-state index is 2.32. The van der Waals surface area contributed by atoms with Gasteiger partial charge >= 0.3 is 0 Å². The summed E-state index contributed by atoms with van der Waals surface area (Å²) in [5.41, 5.74) is 0. The van der Waals surface area contributed by atoms with Crippen molar-refractivity contribution in [2.45, 2.75) is 84.0 Å². The lowest BCUT2D eigenvalue weighted by Gasteiger charge is -2.23. The fourth-order valence-electron chi connectivity index (χ4n) is 5.61. The maximum Gasteiger partial charge on any atom is -0.0355 e. The molecular formula is C18H32. The summed E-state index contributed by atoms with van der Waals surface area (Å²) in [6, 6.07) is 0. The van der Waals surface area contributed by atoms with E-state index in [1.807, 2.05) is 0 Å². The molecule has 4 fully saturated rings. The van der Waals surface area contributed by atoms with Crippen LogP contribution in [0.3, 0.4) is 0 Å². The quantitative estimate of drug-likeness (QED) is 0.549. The van der Waals surface area contributed by atoms with Crippen molar-refractivity contribution in [1.82, 2.24) is 0 Å². The van der Waals surface area contributed by atoms with Gasteiger partial charge in [-0.2, -0.15) is 0 Å². The van der Waals surface area contributed by atoms with Crippen LogP contribution in [0.2, 0.25) is 0 Å². The first-order valence-corrected chi connectivity index (χ1v) is 8.88. The highest BCUT2D eigenvalue weighted by molar-refractivity contribution is 4.98. The van der Waals surface area contributed by atoms with Gasteiger partial charge in [0.05, 0.1) is 0 Å². The van der Waals surface area contributed by atoms with Crippen molar-refractivity contribution in [1.29, 1.82) is 0 Å². The fraction of sp³-hybridized carbons (Fsp3) is 1.00. The Labute approximate surface area is 114 Å². The van der Waals surface area contributed by atoms with Crippen LogP contribution in [-0.2, 0) is 0 Å². The zero-order chi connectivity index (χ0) is 12.4. The number of hydrogen-bond acceptors (Lipinski definition) is 0. The first-order chi connectivity index (χ1) is 8.88. The van der Waals surface area contributed by atoms with E-state index in [0.29, 0.717) is 0 Å². The van der Waals surface area contributed by atoms with E-state index in [1.165, 1.54) is 62.2 Å². The summed E-state index contributed by atoms with van der Waals surface area (Å²) in [4.78, 5) is 0. The zero-order valence-corrected chi connectivity index (χ0v) is 12.4. The van der Waals surface area contributed by atoms with Crippen molar-refractivity contribution in [2.24, 2.45) is 29.6 Å². The second-order valence-electron chi connectivity index (χ2n) is 7.50. The second-order valence-corrected chi connectivity index (χ2v) is 7.50. The van der Waals surface area contributed by atoms with Crippen LogP contribution in [0.25, 0.3) is 0 Å². The van der Waals surface area contributed by atoms with Crippen LogP contribution in [0.15, 0.2) is 0 Å². The summed E-state index contributed by atoms with van der Waals surface area (Å²) >= 11 is 0. The molecule has 0 radical (unpaired) electrons. The Morgan fingerprint density at radius 2 is 1.28 bits per heavy atom. The fourth-order valence-corrected chi connectivity index (χ4v) is 5.61. The number of rotatable bonds is 1. The molecule has 4 saturated carbocycles. The minimum Gasteiger partial charge on any atom is -0.0651 e. The summed E-state index contributed by atoms with van der Waals surface area (Å²) in [5, 5.41) is 0. The van der Waals surface area contributed by atoms with Gasteiger partial charge in [-0.3, -0.25) is 0 Å². The van der Waals surface area contributed by atoms with Gasteiger partial charge in [-0.15, -0.1) is 0 Å². The lowest BCUT2D eigenvalue weighted by Crippen LogP contribution is -2.15. The Balaban J connectivity index is 0.000000115. The normalized spacial score (nSPS) is 42.5. The molecule has 0 saturated heterocycles. The molecule has 0 aromatic rings. The summed E-state index contributed by atoms with van der Waals surface area (Å²) in [6.45, 7) is 2.32. The third kappa shape index (κ3) is 2.63. The third-order valence-electron chi connectivity index (χ3n) is 6.65. The van der Waals surface area contributed by atoms with Gasteiger partial charge in [-0.1, -0.05) is 51.9 Å². The van der Waals surface area contributed by atoms with E-state index >= 15 is 0 Å². The van der Waals surface area contributed by atoms with Crippen LogP contribution in [0, 0.1) is 29.6 Å². The molecule has 0 heterocycles. The lowest BCUT2D eigenvalue weighted by atomic mass is 9.82. The van der Waals surface area contributed by atoms with Gasteiger partial charge in [-0.05, 0) is 61.7 Å². The largest absolute Gasteiger partial charge is 0.0651 e. The minimum atomic E-state index is 1.09. The van der Waals surface area contributed by atoms with Crippen molar-refractivity contribution < 1.29 is 0 Å². The van der Waals surface area contributed by atoms with Gasteiger partial charge in [0.2, 0.25) is 0 Å². The summed E-state index contributed by atoms with van der Waals surface area (Å²) in [6.07, 6.45) is 18.5. The lowest BCUT2D eigenvalue weighted by molar-refractivity contribution is 0.259. The molecule has 4 atom stereocenters. The summed E-state index contributed by atoms with van der Waals surface area (Å²) in [7, 11) is 0. The van der Waals surface area contributed by atoms with E-state index in [2.05, 4.69) is 6.92 Å². The first-order valence-electron chi connectivity index (χ1n) is 8.88. The molecule has 18 heavy (non-hydrogen) atoms. The average Bonchev–Trinajstić information content (AvgIpc) is 3.14. The predicted molar refractivity (Wildman–Crippen MR) is 78.5 cm³/mol. The van der Waals surface area contributed by atoms with Gasteiger partial charge in [0.25, 0.3) is 0 Å². The number of hydrogen-bond donors (Lipinski definition) is 0.